The summed E-state index contributed by atoms with van der Waals surface area (Å²) in [5, 5.41) is 2.67. The van der Waals surface area contributed by atoms with E-state index in [0.717, 1.165) is 25.7 Å². The third-order valence-electron chi connectivity index (χ3n) is 4.99. The van der Waals surface area contributed by atoms with Gasteiger partial charge in [-0.3, -0.25) is 4.79 Å². The number of anilines is 1. The number of hydrogen-bond donors (Lipinski definition) is 1. The van der Waals surface area contributed by atoms with Crippen molar-refractivity contribution in [3.05, 3.63) is 54.1 Å². The van der Waals surface area contributed by atoms with Crippen LogP contribution < -0.4 is 10.1 Å². The van der Waals surface area contributed by atoms with Crippen LogP contribution in [0.2, 0.25) is 0 Å². The average molecular weight is 447 g/mol. The Balaban J connectivity index is 1.54. The number of amides is 1. The quantitative estimate of drug-likeness (QED) is 0.656. The van der Waals surface area contributed by atoms with E-state index in [-0.39, 0.29) is 17.4 Å². The molecule has 1 saturated heterocycles. The third kappa shape index (κ3) is 6.05. The van der Waals surface area contributed by atoms with Gasteiger partial charge in [0.25, 0.3) is 5.91 Å². The maximum Gasteiger partial charge on any atom is 0.337 e. The summed E-state index contributed by atoms with van der Waals surface area (Å²) in [6.45, 7) is 0.850. The smallest absolute Gasteiger partial charge is 0.337 e. The number of carbonyl (C=O) groups is 2. The minimum Gasteiger partial charge on any atom is -0.484 e. The SMILES string of the molecule is COC(=O)c1ccc(OCC(=O)Nc2ccc(S(=O)(=O)N3CCCCCC3)cc2)cc1. The Kier molecular flexibility index (Phi) is 7.64. The molecular formula is C22H26N2O6S. The van der Waals surface area contributed by atoms with Crippen LogP contribution in [0, 0.1) is 0 Å². The van der Waals surface area contributed by atoms with Crippen molar-refractivity contribution in [1.82, 2.24) is 4.31 Å². The zero-order valence-electron chi connectivity index (χ0n) is 17.4. The highest BCUT2D eigenvalue weighted by molar-refractivity contribution is 7.89. The first-order valence-corrected chi connectivity index (χ1v) is 11.6. The lowest BCUT2D eigenvalue weighted by Crippen LogP contribution is -2.31. The van der Waals surface area contributed by atoms with Gasteiger partial charge in [-0.15, -0.1) is 0 Å². The van der Waals surface area contributed by atoms with Crippen molar-refractivity contribution in [2.75, 3.05) is 32.1 Å². The molecule has 1 aliphatic heterocycles. The molecule has 1 N–H and O–H groups in total. The van der Waals surface area contributed by atoms with Crippen molar-refractivity contribution in [3.8, 4) is 5.75 Å². The van der Waals surface area contributed by atoms with Crippen LogP contribution in [0.3, 0.4) is 0 Å². The van der Waals surface area contributed by atoms with Gasteiger partial charge in [-0.25, -0.2) is 13.2 Å². The van der Waals surface area contributed by atoms with Gasteiger partial charge in [0.05, 0.1) is 17.6 Å². The molecule has 1 amide bonds. The van der Waals surface area contributed by atoms with E-state index in [4.69, 9.17) is 4.74 Å². The highest BCUT2D eigenvalue weighted by atomic mass is 32.2. The molecule has 0 unspecified atom stereocenters. The normalized spacial score (nSPS) is 15.0. The second-order valence-corrected chi connectivity index (χ2v) is 9.13. The molecule has 0 radical (unpaired) electrons. The lowest BCUT2D eigenvalue weighted by molar-refractivity contribution is -0.118. The molecule has 1 fully saturated rings. The van der Waals surface area contributed by atoms with Crippen LogP contribution in [0.4, 0.5) is 5.69 Å². The van der Waals surface area contributed by atoms with Gasteiger partial charge in [-0.05, 0) is 61.4 Å². The van der Waals surface area contributed by atoms with E-state index in [1.165, 1.54) is 23.5 Å². The van der Waals surface area contributed by atoms with E-state index in [1.807, 2.05) is 0 Å². The first-order chi connectivity index (χ1) is 14.9. The Hall–Kier alpha value is -2.91. The van der Waals surface area contributed by atoms with E-state index in [0.29, 0.717) is 30.1 Å². The van der Waals surface area contributed by atoms with Crippen molar-refractivity contribution >= 4 is 27.6 Å². The van der Waals surface area contributed by atoms with Crippen LogP contribution in [0.5, 0.6) is 5.75 Å². The van der Waals surface area contributed by atoms with Crippen molar-refractivity contribution < 1.29 is 27.5 Å². The molecule has 2 aromatic carbocycles. The van der Waals surface area contributed by atoms with Crippen LogP contribution in [0.1, 0.15) is 36.0 Å². The predicted octanol–water partition coefficient (Wildman–Crippen LogP) is 3.06. The van der Waals surface area contributed by atoms with Gasteiger partial charge in [-0.2, -0.15) is 4.31 Å². The number of benzene rings is 2. The van der Waals surface area contributed by atoms with Crippen molar-refractivity contribution in [1.29, 1.82) is 0 Å². The maximum atomic E-state index is 12.8. The summed E-state index contributed by atoms with van der Waals surface area (Å²) in [7, 11) is -2.23. The number of nitrogens with one attached hydrogen (secondary N) is 1. The van der Waals surface area contributed by atoms with Crippen molar-refractivity contribution in [2.45, 2.75) is 30.6 Å². The Bertz CT molecular complexity index is 995. The molecule has 3 rings (SSSR count). The summed E-state index contributed by atoms with van der Waals surface area (Å²) >= 11 is 0. The molecule has 31 heavy (non-hydrogen) atoms. The second-order valence-electron chi connectivity index (χ2n) is 7.20. The first kappa shape index (κ1) is 22.8. The van der Waals surface area contributed by atoms with Gasteiger partial charge >= 0.3 is 5.97 Å². The minimum atomic E-state index is -3.53. The molecule has 9 heteroatoms. The van der Waals surface area contributed by atoms with Gasteiger partial charge in [0.2, 0.25) is 10.0 Å². The summed E-state index contributed by atoms with van der Waals surface area (Å²) in [6.07, 6.45) is 3.85. The van der Waals surface area contributed by atoms with Crippen LogP contribution in [-0.2, 0) is 19.6 Å². The van der Waals surface area contributed by atoms with E-state index >= 15 is 0 Å². The molecule has 0 aliphatic carbocycles. The number of rotatable bonds is 7. The zero-order chi connectivity index (χ0) is 22.3. The molecule has 0 spiro atoms. The molecule has 1 heterocycles. The van der Waals surface area contributed by atoms with E-state index in [9.17, 15) is 18.0 Å². The van der Waals surface area contributed by atoms with E-state index in [2.05, 4.69) is 10.1 Å². The Labute approximate surface area is 182 Å². The maximum absolute atomic E-state index is 12.8. The Morgan fingerprint density at radius 2 is 1.55 bits per heavy atom. The van der Waals surface area contributed by atoms with Gasteiger partial charge in [0, 0.05) is 18.8 Å². The van der Waals surface area contributed by atoms with E-state index in [1.54, 1.807) is 36.4 Å². The standard InChI is InChI=1S/C22H26N2O6S/c1-29-22(26)17-6-10-19(11-7-17)30-16-21(25)23-18-8-12-20(13-9-18)31(27,28)24-14-4-2-3-5-15-24/h6-13H,2-5,14-16H2,1H3,(H,23,25). The number of nitrogens with zero attached hydrogens (tertiary/aromatic N) is 1. The van der Waals surface area contributed by atoms with Gasteiger partial charge in [0.15, 0.2) is 6.61 Å². The molecular weight excluding hydrogens is 420 g/mol. The largest absolute Gasteiger partial charge is 0.484 e. The van der Waals surface area contributed by atoms with Gasteiger partial charge < -0.3 is 14.8 Å². The lowest BCUT2D eigenvalue weighted by atomic mass is 10.2. The topological polar surface area (TPSA) is 102 Å². The monoisotopic (exact) mass is 446 g/mol. The first-order valence-electron chi connectivity index (χ1n) is 10.1. The Morgan fingerprint density at radius 3 is 2.13 bits per heavy atom. The number of methoxy groups -OCH3 is 1. The molecule has 2 aromatic rings. The number of carbonyl (C=O) groups excluding carboxylic acids is 2. The fraction of sp³-hybridized carbons (Fsp3) is 0.364. The zero-order valence-corrected chi connectivity index (χ0v) is 18.2. The molecule has 0 saturated carbocycles. The number of sulfonamides is 1. The fourth-order valence-corrected chi connectivity index (χ4v) is 4.81. The van der Waals surface area contributed by atoms with Crippen LogP contribution in [0.25, 0.3) is 0 Å². The molecule has 1 aliphatic rings. The van der Waals surface area contributed by atoms with Gasteiger partial charge in [-0.1, -0.05) is 12.8 Å². The summed E-state index contributed by atoms with van der Waals surface area (Å²) < 4.78 is 37.2. The van der Waals surface area contributed by atoms with Crippen LogP contribution in [-0.4, -0.2) is 51.4 Å². The predicted molar refractivity (Wildman–Crippen MR) is 116 cm³/mol. The highest BCUT2D eigenvalue weighted by Crippen LogP contribution is 2.22. The molecule has 0 aromatic heterocycles. The molecule has 166 valence electrons. The van der Waals surface area contributed by atoms with Crippen molar-refractivity contribution in [3.63, 3.8) is 0 Å². The van der Waals surface area contributed by atoms with Crippen molar-refractivity contribution in [2.24, 2.45) is 0 Å². The fourth-order valence-electron chi connectivity index (χ4n) is 3.29. The lowest BCUT2D eigenvalue weighted by Gasteiger charge is -2.20. The third-order valence-corrected chi connectivity index (χ3v) is 6.90. The summed E-state index contributed by atoms with van der Waals surface area (Å²) in [5.74, 6) is -0.410. The van der Waals surface area contributed by atoms with E-state index < -0.39 is 16.0 Å². The van der Waals surface area contributed by atoms with Gasteiger partial charge in [0.1, 0.15) is 5.75 Å². The number of ether oxygens (including phenoxy) is 2. The number of esters is 1. The van der Waals surface area contributed by atoms with Crippen LogP contribution >= 0.6 is 0 Å². The second kappa shape index (κ2) is 10.4. The summed E-state index contributed by atoms with van der Waals surface area (Å²) in [4.78, 5) is 23.8. The minimum absolute atomic E-state index is 0.217. The summed E-state index contributed by atoms with van der Waals surface area (Å²) in [5.41, 5.74) is 0.860. The number of hydrogen-bond acceptors (Lipinski definition) is 6. The molecule has 0 bridgehead atoms. The Morgan fingerprint density at radius 1 is 0.935 bits per heavy atom. The average Bonchev–Trinajstić information content (AvgIpc) is 3.08. The highest BCUT2D eigenvalue weighted by Gasteiger charge is 2.25. The molecule has 0 atom stereocenters. The van der Waals surface area contributed by atoms with Crippen LogP contribution in [0.15, 0.2) is 53.4 Å². The molecule has 8 nitrogen and oxygen atoms in total. The summed E-state index contributed by atoms with van der Waals surface area (Å²) in [6, 6.07) is 12.4.